The Labute approximate surface area is 133 Å². The van der Waals surface area contributed by atoms with Crippen LogP contribution in [-0.4, -0.2) is 25.4 Å². The van der Waals surface area contributed by atoms with E-state index >= 15 is 0 Å². The third-order valence-electron chi connectivity index (χ3n) is 2.82. The number of benzene rings is 1. The van der Waals surface area contributed by atoms with Gasteiger partial charge in [-0.3, -0.25) is 0 Å². The van der Waals surface area contributed by atoms with Crippen molar-refractivity contribution < 1.29 is 30.4 Å². The molecule has 2 aromatic rings. The van der Waals surface area contributed by atoms with E-state index in [1.807, 2.05) is 0 Å². The van der Waals surface area contributed by atoms with Crippen molar-refractivity contribution in [2.45, 2.75) is 17.6 Å². The number of halogens is 5. The summed E-state index contributed by atoms with van der Waals surface area (Å²) < 4.78 is 89.0. The van der Waals surface area contributed by atoms with Crippen LogP contribution < -0.4 is 0 Å². The minimum Gasteiger partial charge on any atom is -0.207 e. The second-order valence-corrected chi connectivity index (χ2v) is 7.31. The SMILES string of the molecule is O=S(=O)(c1ccc(F)c(F)c1)N(Cc1ccsc1)CC(F)(F)F. The Balaban J connectivity index is 2.40. The average Bonchev–Trinajstić information content (AvgIpc) is 2.92. The molecule has 0 aliphatic rings. The number of hydrogen-bond acceptors (Lipinski definition) is 3. The van der Waals surface area contributed by atoms with E-state index in [2.05, 4.69) is 0 Å². The molecule has 0 aliphatic carbocycles. The first-order valence-electron chi connectivity index (χ1n) is 6.12. The van der Waals surface area contributed by atoms with Crippen LogP contribution >= 0.6 is 11.3 Å². The number of nitrogens with zero attached hydrogens (tertiary/aromatic N) is 1. The first-order chi connectivity index (χ1) is 10.6. The van der Waals surface area contributed by atoms with Gasteiger partial charge in [-0.25, -0.2) is 17.2 Å². The molecule has 1 aromatic heterocycles. The Kier molecular flexibility index (Phi) is 5.07. The van der Waals surface area contributed by atoms with Crippen LogP contribution in [-0.2, 0) is 16.6 Å². The number of alkyl halides is 3. The normalized spacial score (nSPS) is 12.8. The van der Waals surface area contributed by atoms with Crippen LogP contribution in [0.2, 0.25) is 0 Å². The molecule has 10 heteroatoms. The van der Waals surface area contributed by atoms with Crippen LogP contribution in [0.4, 0.5) is 22.0 Å². The Morgan fingerprint density at radius 3 is 2.30 bits per heavy atom. The van der Waals surface area contributed by atoms with E-state index in [1.165, 1.54) is 22.8 Å². The number of hydrogen-bond donors (Lipinski definition) is 0. The molecular weight excluding hydrogens is 361 g/mol. The van der Waals surface area contributed by atoms with E-state index < -0.39 is 45.8 Å². The highest BCUT2D eigenvalue weighted by Gasteiger charge is 2.37. The van der Waals surface area contributed by atoms with Gasteiger partial charge in [-0.15, -0.1) is 0 Å². The lowest BCUT2D eigenvalue weighted by Crippen LogP contribution is -2.38. The van der Waals surface area contributed by atoms with Crippen LogP contribution in [0.5, 0.6) is 0 Å². The highest BCUT2D eigenvalue weighted by atomic mass is 32.2. The first-order valence-corrected chi connectivity index (χ1v) is 8.51. The molecule has 0 aliphatic heterocycles. The van der Waals surface area contributed by atoms with Gasteiger partial charge in [0.1, 0.15) is 6.54 Å². The molecule has 0 amide bonds. The first kappa shape index (κ1) is 17.8. The van der Waals surface area contributed by atoms with Crippen LogP contribution in [0.15, 0.2) is 39.9 Å². The van der Waals surface area contributed by atoms with Gasteiger partial charge < -0.3 is 0 Å². The van der Waals surface area contributed by atoms with Crippen molar-refractivity contribution in [1.82, 2.24) is 4.31 Å². The molecule has 1 heterocycles. The predicted octanol–water partition coefficient (Wildman–Crippen LogP) is 3.78. The van der Waals surface area contributed by atoms with Crippen molar-refractivity contribution in [3.63, 3.8) is 0 Å². The quantitative estimate of drug-likeness (QED) is 0.750. The molecule has 0 saturated heterocycles. The molecule has 23 heavy (non-hydrogen) atoms. The van der Waals surface area contributed by atoms with Gasteiger partial charge in [-0.2, -0.15) is 28.8 Å². The van der Waals surface area contributed by atoms with Gasteiger partial charge in [-0.1, -0.05) is 0 Å². The number of rotatable bonds is 5. The summed E-state index contributed by atoms with van der Waals surface area (Å²) in [5.74, 6) is -2.74. The molecule has 0 fully saturated rings. The Morgan fingerprint density at radius 2 is 1.78 bits per heavy atom. The molecule has 0 unspecified atom stereocenters. The maximum absolute atomic E-state index is 13.2. The average molecular weight is 371 g/mol. The van der Waals surface area contributed by atoms with Crippen molar-refractivity contribution >= 4 is 21.4 Å². The zero-order chi connectivity index (χ0) is 17.3. The van der Waals surface area contributed by atoms with Crippen molar-refractivity contribution in [1.29, 1.82) is 0 Å². The van der Waals surface area contributed by atoms with Gasteiger partial charge in [0, 0.05) is 6.54 Å². The summed E-state index contributed by atoms with van der Waals surface area (Å²) in [6.07, 6.45) is -4.78. The summed E-state index contributed by atoms with van der Waals surface area (Å²) >= 11 is 1.20. The van der Waals surface area contributed by atoms with Crippen LogP contribution in [0.1, 0.15) is 5.56 Å². The Hall–Kier alpha value is -1.52. The van der Waals surface area contributed by atoms with Gasteiger partial charge in [0.25, 0.3) is 0 Å². The fourth-order valence-electron chi connectivity index (χ4n) is 1.80. The van der Waals surface area contributed by atoms with E-state index in [-0.39, 0.29) is 4.31 Å². The molecule has 1 aromatic carbocycles. The summed E-state index contributed by atoms with van der Waals surface area (Å²) in [5.41, 5.74) is 0.366. The van der Waals surface area contributed by atoms with Crippen molar-refractivity contribution in [3.8, 4) is 0 Å². The third-order valence-corrected chi connectivity index (χ3v) is 5.34. The van der Waals surface area contributed by atoms with Gasteiger partial charge in [0.15, 0.2) is 11.6 Å². The highest BCUT2D eigenvalue weighted by Crippen LogP contribution is 2.26. The maximum atomic E-state index is 13.2. The summed E-state index contributed by atoms with van der Waals surface area (Å²) in [4.78, 5) is -0.740. The lowest BCUT2D eigenvalue weighted by molar-refractivity contribution is -0.136. The monoisotopic (exact) mass is 371 g/mol. The van der Waals surface area contributed by atoms with Gasteiger partial charge in [0.2, 0.25) is 10.0 Å². The van der Waals surface area contributed by atoms with Crippen molar-refractivity contribution in [2.24, 2.45) is 0 Å². The van der Waals surface area contributed by atoms with Crippen LogP contribution in [0, 0.1) is 11.6 Å². The predicted molar refractivity (Wildman–Crippen MR) is 74.3 cm³/mol. The fourth-order valence-corrected chi connectivity index (χ4v) is 3.88. The van der Waals surface area contributed by atoms with E-state index in [0.717, 1.165) is 6.07 Å². The van der Waals surface area contributed by atoms with Crippen LogP contribution in [0.3, 0.4) is 0 Å². The molecule has 0 bridgehead atoms. The number of sulfonamides is 1. The largest absolute Gasteiger partial charge is 0.402 e. The number of thiophene rings is 1. The molecule has 0 atom stereocenters. The molecule has 0 saturated carbocycles. The molecule has 0 radical (unpaired) electrons. The maximum Gasteiger partial charge on any atom is 0.402 e. The van der Waals surface area contributed by atoms with E-state index in [9.17, 15) is 30.4 Å². The van der Waals surface area contributed by atoms with Gasteiger partial charge in [-0.05, 0) is 40.6 Å². The summed E-state index contributed by atoms with van der Waals surface area (Å²) in [6.45, 7) is -2.26. The highest BCUT2D eigenvalue weighted by molar-refractivity contribution is 7.89. The van der Waals surface area contributed by atoms with Crippen LogP contribution in [0.25, 0.3) is 0 Å². The molecule has 126 valence electrons. The summed E-state index contributed by atoms with van der Waals surface area (Å²) in [5, 5.41) is 3.09. The standard InChI is InChI=1S/C13H10F5NO2S2/c14-11-2-1-10(5-12(11)15)23(20,21)19(8-13(16,17)18)6-9-3-4-22-7-9/h1-5,7H,6,8H2. The molecule has 0 spiro atoms. The smallest absolute Gasteiger partial charge is 0.207 e. The van der Waals surface area contributed by atoms with E-state index in [0.29, 0.717) is 17.7 Å². The second-order valence-electron chi connectivity index (χ2n) is 4.60. The molecule has 0 N–H and O–H groups in total. The summed E-state index contributed by atoms with van der Waals surface area (Å²) in [6, 6.07) is 3.12. The van der Waals surface area contributed by atoms with Gasteiger partial charge >= 0.3 is 6.18 Å². The van der Waals surface area contributed by atoms with E-state index in [4.69, 9.17) is 0 Å². The fraction of sp³-hybridized carbons (Fsp3) is 0.231. The van der Waals surface area contributed by atoms with Crippen molar-refractivity contribution in [2.75, 3.05) is 6.54 Å². The zero-order valence-electron chi connectivity index (χ0n) is 11.3. The minimum atomic E-state index is -4.78. The third kappa shape index (κ3) is 4.49. The van der Waals surface area contributed by atoms with Crippen molar-refractivity contribution in [3.05, 3.63) is 52.2 Å². The molecule has 3 nitrogen and oxygen atoms in total. The summed E-state index contributed by atoms with van der Waals surface area (Å²) in [7, 11) is -4.64. The molecular formula is C13H10F5NO2S2. The van der Waals surface area contributed by atoms with E-state index in [1.54, 1.807) is 5.38 Å². The Morgan fingerprint density at radius 1 is 1.09 bits per heavy atom. The topological polar surface area (TPSA) is 37.4 Å². The lowest BCUT2D eigenvalue weighted by atomic mass is 10.3. The molecule has 2 rings (SSSR count). The Bertz CT molecular complexity index is 772. The zero-order valence-corrected chi connectivity index (χ0v) is 13.0. The lowest BCUT2D eigenvalue weighted by Gasteiger charge is -2.23. The van der Waals surface area contributed by atoms with Gasteiger partial charge in [0.05, 0.1) is 4.90 Å². The second kappa shape index (κ2) is 6.54. The minimum absolute atomic E-state index is 0.182.